The average Bonchev–Trinajstić information content (AvgIpc) is 3.31. The Morgan fingerprint density at radius 1 is 0.795 bits per heavy atom. The molecule has 5 nitrogen and oxygen atoms in total. The van der Waals surface area contributed by atoms with Crippen LogP contribution in [0.2, 0.25) is 0 Å². The van der Waals surface area contributed by atoms with Gasteiger partial charge < -0.3 is 18.8 Å². The van der Waals surface area contributed by atoms with E-state index in [1.807, 2.05) is 70.2 Å². The van der Waals surface area contributed by atoms with Crippen molar-refractivity contribution in [1.29, 1.82) is 0 Å². The summed E-state index contributed by atoms with van der Waals surface area (Å²) in [5.41, 5.74) is 5.04. The minimum absolute atomic E-state index is 0.101. The first-order valence-electron chi connectivity index (χ1n) is 13.7. The predicted octanol–water partition coefficient (Wildman–Crippen LogP) is 7.76. The van der Waals surface area contributed by atoms with Gasteiger partial charge in [-0.3, -0.25) is 0 Å². The van der Waals surface area contributed by atoms with Gasteiger partial charge in [0, 0.05) is 16.7 Å². The lowest BCUT2D eigenvalue weighted by atomic mass is 9.76. The number of benzene rings is 2. The van der Waals surface area contributed by atoms with Crippen LogP contribution < -0.4 is 5.46 Å². The molecule has 2 aromatic carbocycles. The Morgan fingerprint density at radius 2 is 1.41 bits per heavy atom. The highest BCUT2D eigenvalue weighted by Crippen LogP contribution is 2.43. The Balaban J connectivity index is 1.77. The van der Waals surface area contributed by atoms with Crippen LogP contribution in [0.5, 0.6) is 5.75 Å². The van der Waals surface area contributed by atoms with Crippen LogP contribution in [-0.2, 0) is 20.1 Å². The molecule has 3 heterocycles. The summed E-state index contributed by atoms with van der Waals surface area (Å²) in [7, 11) is -0.658. The van der Waals surface area contributed by atoms with Crippen LogP contribution >= 0.6 is 0 Å². The van der Waals surface area contributed by atoms with Gasteiger partial charge in [-0.05, 0) is 62.3 Å². The SMILES string of the molecule is CC(C)(C)c1cc(-c2ccc3oc(-c4ccccc4)c(B4OC(C)(C)C(C)(C)O4)c3n2)c(O)c(C(C)(C)C)c1. The maximum atomic E-state index is 11.5. The maximum absolute atomic E-state index is 11.5. The third kappa shape index (κ3) is 4.78. The number of rotatable bonds is 3. The lowest BCUT2D eigenvalue weighted by Gasteiger charge is -2.32. The Labute approximate surface area is 232 Å². The molecule has 0 radical (unpaired) electrons. The number of fused-ring (bicyclic) bond motifs is 1. The van der Waals surface area contributed by atoms with E-state index in [1.54, 1.807) is 0 Å². The largest absolute Gasteiger partial charge is 0.507 e. The van der Waals surface area contributed by atoms with Crippen LogP contribution in [0.15, 0.2) is 59.0 Å². The van der Waals surface area contributed by atoms with Crippen LogP contribution in [0.1, 0.15) is 80.4 Å². The van der Waals surface area contributed by atoms with Crippen molar-refractivity contribution in [3.8, 4) is 28.3 Å². The van der Waals surface area contributed by atoms with E-state index >= 15 is 0 Å². The van der Waals surface area contributed by atoms with Crippen molar-refractivity contribution in [1.82, 2.24) is 4.98 Å². The molecular weight excluding hydrogens is 485 g/mol. The van der Waals surface area contributed by atoms with Gasteiger partial charge in [-0.15, -0.1) is 0 Å². The van der Waals surface area contributed by atoms with Crippen LogP contribution in [0.4, 0.5) is 0 Å². The average molecular weight is 525 g/mol. The number of phenolic OH excluding ortho intramolecular Hbond substituents is 1. The Morgan fingerprint density at radius 3 is 1.97 bits per heavy atom. The number of nitrogens with zero attached hydrogens (tertiary/aromatic N) is 1. The first-order valence-corrected chi connectivity index (χ1v) is 13.7. The van der Waals surface area contributed by atoms with E-state index in [4.69, 9.17) is 18.7 Å². The van der Waals surface area contributed by atoms with Crippen molar-refractivity contribution >= 4 is 23.7 Å². The van der Waals surface area contributed by atoms with Crippen LogP contribution in [0.3, 0.4) is 0 Å². The van der Waals surface area contributed by atoms with E-state index in [2.05, 4.69) is 53.7 Å². The van der Waals surface area contributed by atoms with Crippen LogP contribution in [0.25, 0.3) is 33.7 Å². The molecular formula is C33H40BNO4. The molecule has 0 atom stereocenters. The van der Waals surface area contributed by atoms with E-state index in [0.717, 1.165) is 22.2 Å². The van der Waals surface area contributed by atoms with Gasteiger partial charge in [0.2, 0.25) is 0 Å². The predicted molar refractivity (Wildman–Crippen MR) is 160 cm³/mol. The first-order chi connectivity index (χ1) is 18.0. The third-order valence-electron chi connectivity index (χ3n) is 8.15. The van der Waals surface area contributed by atoms with Gasteiger partial charge in [0.05, 0.1) is 22.4 Å². The maximum Gasteiger partial charge on any atom is 0.501 e. The van der Waals surface area contributed by atoms with Gasteiger partial charge in [0.15, 0.2) is 5.58 Å². The molecule has 1 aliphatic rings. The van der Waals surface area contributed by atoms with Gasteiger partial charge in [-0.25, -0.2) is 4.98 Å². The van der Waals surface area contributed by atoms with E-state index < -0.39 is 18.3 Å². The topological polar surface area (TPSA) is 64.7 Å². The monoisotopic (exact) mass is 525 g/mol. The van der Waals surface area contributed by atoms with Crippen LogP contribution in [0, 0.1) is 0 Å². The molecule has 5 rings (SSSR count). The van der Waals surface area contributed by atoms with Crippen molar-refractivity contribution in [3.05, 3.63) is 65.7 Å². The Kier molecular flexibility index (Phi) is 6.32. The zero-order chi connectivity index (χ0) is 28.5. The normalized spacial score (nSPS) is 17.2. The number of aromatic nitrogens is 1. The molecule has 0 amide bonds. The summed E-state index contributed by atoms with van der Waals surface area (Å²) in [4.78, 5) is 5.13. The number of pyridine rings is 1. The summed E-state index contributed by atoms with van der Waals surface area (Å²) in [6, 6.07) is 18.0. The quantitative estimate of drug-likeness (QED) is 0.277. The minimum Gasteiger partial charge on any atom is -0.507 e. The molecule has 1 fully saturated rings. The number of hydrogen-bond donors (Lipinski definition) is 1. The smallest absolute Gasteiger partial charge is 0.501 e. The number of phenols is 1. The lowest BCUT2D eigenvalue weighted by molar-refractivity contribution is 0.00578. The fourth-order valence-corrected chi connectivity index (χ4v) is 4.96. The third-order valence-corrected chi connectivity index (χ3v) is 8.15. The fourth-order valence-electron chi connectivity index (χ4n) is 4.96. The van der Waals surface area contributed by atoms with Crippen molar-refractivity contribution < 1.29 is 18.8 Å². The summed E-state index contributed by atoms with van der Waals surface area (Å²) < 4.78 is 19.4. The van der Waals surface area contributed by atoms with Crippen molar-refractivity contribution in [3.63, 3.8) is 0 Å². The summed E-state index contributed by atoms with van der Waals surface area (Å²) in [5.74, 6) is 0.933. The van der Waals surface area contributed by atoms with Crippen molar-refractivity contribution in [2.24, 2.45) is 0 Å². The van der Waals surface area contributed by atoms with Gasteiger partial charge in [-0.2, -0.15) is 0 Å². The highest BCUT2D eigenvalue weighted by Gasteiger charge is 2.53. The Hall–Kier alpha value is -3.09. The molecule has 0 unspecified atom stereocenters. The molecule has 6 heteroatoms. The van der Waals surface area contributed by atoms with Gasteiger partial charge in [0.25, 0.3) is 0 Å². The second kappa shape index (κ2) is 8.97. The zero-order valence-corrected chi connectivity index (χ0v) is 24.9. The molecule has 1 saturated heterocycles. The minimum atomic E-state index is -0.658. The summed E-state index contributed by atoms with van der Waals surface area (Å²) in [6.07, 6.45) is 0. The highest BCUT2D eigenvalue weighted by molar-refractivity contribution is 6.66. The van der Waals surface area contributed by atoms with Gasteiger partial charge >= 0.3 is 7.12 Å². The molecule has 39 heavy (non-hydrogen) atoms. The van der Waals surface area contributed by atoms with Crippen molar-refractivity contribution in [2.45, 2.75) is 91.3 Å². The molecule has 204 valence electrons. The molecule has 0 saturated carbocycles. The molecule has 0 aliphatic carbocycles. The zero-order valence-electron chi connectivity index (χ0n) is 24.9. The number of aromatic hydroxyl groups is 1. The number of hydrogen-bond acceptors (Lipinski definition) is 5. The second-order valence-corrected chi connectivity index (χ2v) is 13.8. The first kappa shape index (κ1) is 27.5. The highest BCUT2D eigenvalue weighted by atomic mass is 16.7. The van der Waals surface area contributed by atoms with E-state index in [1.165, 1.54) is 0 Å². The van der Waals surface area contributed by atoms with Gasteiger partial charge in [0.1, 0.15) is 17.0 Å². The summed E-state index contributed by atoms with van der Waals surface area (Å²) in [6.45, 7) is 21.1. The number of furan rings is 1. The molecule has 4 aromatic rings. The standard InChI is InChI=1S/C33H40BNO4/c1-30(2,3)21-18-22(28(36)23(19-21)31(4,5)6)24-16-17-25-27(35-24)26(29(37-25)20-14-12-11-13-15-20)34-38-32(7,8)33(9,10)39-34/h11-19,36H,1-10H3. The van der Waals surface area contributed by atoms with Gasteiger partial charge in [-0.1, -0.05) is 77.9 Å². The van der Waals surface area contributed by atoms with E-state index in [-0.39, 0.29) is 16.6 Å². The van der Waals surface area contributed by atoms with Crippen molar-refractivity contribution in [2.75, 3.05) is 0 Å². The summed E-state index contributed by atoms with van der Waals surface area (Å²) in [5, 5.41) is 11.5. The molecule has 2 aromatic heterocycles. The second-order valence-electron chi connectivity index (χ2n) is 13.8. The van der Waals surface area contributed by atoms with Crippen LogP contribution in [-0.4, -0.2) is 28.4 Å². The molecule has 0 spiro atoms. The Bertz CT molecular complexity index is 1520. The molecule has 1 N–H and O–H groups in total. The van der Waals surface area contributed by atoms with E-state index in [0.29, 0.717) is 28.1 Å². The fraction of sp³-hybridized carbons (Fsp3) is 0.424. The van der Waals surface area contributed by atoms with E-state index in [9.17, 15) is 5.11 Å². The molecule has 0 bridgehead atoms. The molecule has 1 aliphatic heterocycles. The lowest BCUT2D eigenvalue weighted by Crippen LogP contribution is -2.41. The summed E-state index contributed by atoms with van der Waals surface area (Å²) >= 11 is 0.